The van der Waals surface area contributed by atoms with Crippen LogP contribution in [0.4, 0.5) is 0 Å². The smallest absolute Gasteiger partial charge is 0.0724 e. The molecule has 0 fully saturated rings. The number of benzene rings is 1. The maximum atomic E-state index is 5.62. The molecule has 1 rings (SSSR count). The van der Waals surface area contributed by atoms with E-state index >= 15 is 0 Å². The maximum Gasteiger partial charge on any atom is 0.0724 e. The Kier molecular flexibility index (Phi) is 10.7. The fourth-order valence-electron chi connectivity index (χ4n) is 0.874. The molecule has 0 saturated heterocycles. The summed E-state index contributed by atoms with van der Waals surface area (Å²) in [5.41, 5.74) is 2.18. The Bertz CT molecular complexity index is 334. The molecule has 0 aliphatic rings. The summed E-state index contributed by atoms with van der Waals surface area (Å²) >= 11 is 0. The second kappa shape index (κ2) is 10.0. The molecule has 1 heteroatoms. The molecule has 1 nitrogen and oxygen atoms in total. The van der Waals surface area contributed by atoms with Gasteiger partial charge in [-0.3, -0.25) is 0 Å². The first-order valence-corrected chi connectivity index (χ1v) is 8.26. The van der Waals surface area contributed by atoms with Crippen molar-refractivity contribution in [3.05, 3.63) is 35.9 Å². The molecule has 0 aliphatic carbocycles. The van der Waals surface area contributed by atoms with E-state index in [2.05, 4.69) is 88.3 Å². The topological polar surface area (TPSA) is 9.23 Å². The molecule has 0 bridgehead atoms. The molecule has 0 aromatic heterocycles. The number of rotatable bonds is 2. The highest BCUT2D eigenvalue weighted by Crippen LogP contribution is 2.11. The molecule has 0 spiro atoms. The Morgan fingerprint density at radius 2 is 0.955 bits per heavy atom. The SMILES string of the molecule is CC(C)(C)C.CC(C)(C)C.CC(C)(C)OCc1ccccc1. The zero-order chi connectivity index (χ0) is 18.0. The molecule has 0 heterocycles. The lowest BCUT2D eigenvalue weighted by Gasteiger charge is -2.19. The van der Waals surface area contributed by atoms with E-state index in [9.17, 15) is 0 Å². The molecule has 0 aliphatic heterocycles. The van der Waals surface area contributed by atoms with Gasteiger partial charge >= 0.3 is 0 Å². The predicted molar refractivity (Wildman–Crippen MR) is 101 cm³/mol. The largest absolute Gasteiger partial charge is 0.371 e. The van der Waals surface area contributed by atoms with Gasteiger partial charge in [-0.25, -0.2) is 0 Å². The van der Waals surface area contributed by atoms with Crippen molar-refractivity contribution in [2.75, 3.05) is 0 Å². The standard InChI is InChI=1S/C11H16O.2C5H12/c1-11(2,3)12-9-10-7-5-4-6-8-10;2*1-5(2,3)4/h4-8H,9H2,1-3H3;2*1-4H3. The van der Waals surface area contributed by atoms with Crippen LogP contribution >= 0.6 is 0 Å². The van der Waals surface area contributed by atoms with Crippen molar-refractivity contribution in [2.24, 2.45) is 10.8 Å². The lowest BCUT2D eigenvalue weighted by molar-refractivity contribution is -0.0149. The van der Waals surface area contributed by atoms with E-state index in [0.29, 0.717) is 17.4 Å². The molecule has 22 heavy (non-hydrogen) atoms. The summed E-state index contributed by atoms with van der Waals surface area (Å²) in [5, 5.41) is 0. The summed E-state index contributed by atoms with van der Waals surface area (Å²) < 4.78 is 5.62. The lowest BCUT2D eigenvalue weighted by atomic mass is 10.0. The van der Waals surface area contributed by atoms with Crippen molar-refractivity contribution < 1.29 is 4.74 Å². The first kappa shape index (κ1) is 23.4. The van der Waals surface area contributed by atoms with Gasteiger partial charge in [0.25, 0.3) is 0 Å². The van der Waals surface area contributed by atoms with Gasteiger partial charge in [-0.15, -0.1) is 0 Å². The van der Waals surface area contributed by atoms with Gasteiger partial charge in [0.1, 0.15) is 0 Å². The zero-order valence-corrected chi connectivity index (χ0v) is 17.0. The van der Waals surface area contributed by atoms with Crippen LogP contribution in [0.1, 0.15) is 81.7 Å². The zero-order valence-electron chi connectivity index (χ0n) is 17.0. The average molecular weight is 309 g/mol. The van der Waals surface area contributed by atoms with Crippen molar-refractivity contribution in [1.82, 2.24) is 0 Å². The lowest BCUT2D eigenvalue weighted by Crippen LogP contribution is -2.18. The van der Waals surface area contributed by atoms with E-state index in [4.69, 9.17) is 4.74 Å². The molecule has 0 atom stereocenters. The summed E-state index contributed by atoms with van der Waals surface area (Å²) in [6.45, 7) is 24.4. The van der Waals surface area contributed by atoms with Crippen molar-refractivity contribution in [2.45, 2.75) is 88.4 Å². The molecular weight excluding hydrogens is 268 g/mol. The van der Waals surface area contributed by atoms with Crippen molar-refractivity contribution in [3.63, 3.8) is 0 Å². The van der Waals surface area contributed by atoms with Gasteiger partial charge in [-0.2, -0.15) is 0 Å². The maximum absolute atomic E-state index is 5.62. The highest BCUT2D eigenvalue weighted by molar-refractivity contribution is 5.13. The highest BCUT2D eigenvalue weighted by atomic mass is 16.5. The van der Waals surface area contributed by atoms with E-state index < -0.39 is 0 Å². The number of ether oxygens (including phenoxy) is 1. The second-order valence-electron chi connectivity index (χ2n) is 9.89. The third kappa shape index (κ3) is 36.5. The number of hydrogen-bond donors (Lipinski definition) is 0. The summed E-state index contributed by atoms with van der Waals surface area (Å²) in [6.07, 6.45) is 0. The van der Waals surface area contributed by atoms with E-state index in [1.165, 1.54) is 5.56 Å². The van der Waals surface area contributed by atoms with Crippen molar-refractivity contribution in [3.8, 4) is 0 Å². The third-order valence-corrected chi connectivity index (χ3v) is 1.51. The first-order chi connectivity index (χ1) is 9.58. The quantitative estimate of drug-likeness (QED) is 0.565. The summed E-state index contributed by atoms with van der Waals surface area (Å²) in [7, 11) is 0. The van der Waals surface area contributed by atoms with Crippen LogP contribution in [0.15, 0.2) is 30.3 Å². The van der Waals surface area contributed by atoms with E-state index in [1.807, 2.05) is 18.2 Å². The van der Waals surface area contributed by atoms with Crippen LogP contribution in [0.2, 0.25) is 0 Å². The molecule has 0 saturated carbocycles. The van der Waals surface area contributed by atoms with Gasteiger partial charge in [-0.1, -0.05) is 85.7 Å². The monoisotopic (exact) mass is 308 g/mol. The molecule has 0 radical (unpaired) electrons. The summed E-state index contributed by atoms with van der Waals surface area (Å²) in [5.74, 6) is 0. The van der Waals surface area contributed by atoms with Crippen LogP contribution in [-0.2, 0) is 11.3 Å². The van der Waals surface area contributed by atoms with Gasteiger partial charge < -0.3 is 4.74 Å². The van der Waals surface area contributed by atoms with E-state index in [-0.39, 0.29) is 5.60 Å². The van der Waals surface area contributed by atoms with Crippen LogP contribution in [0, 0.1) is 10.8 Å². The fourth-order valence-corrected chi connectivity index (χ4v) is 0.874. The van der Waals surface area contributed by atoms with Crippen LogP contribution in [-0.4, -0.2) is 5.60 Å². The van der Waals surface area contributed by atoms with Gasteiger partial charge in [0.2, 0.25) is 0 Å². The van der Waals surface area contributed by atoms with E-state index in [1.54, 1.807) is 0 Å². The normalized spacial score (nSPS) is 11.8. The molecule has 1 aromatic rings. The molecule has 0 amide bonds. The average Bonchev–Trinajstić information content (AvgIpc) is 2.22. The first-order valence-electron chi connectivity index (χ1n) is 8.26. The van der Waals surface area contributed by atoms with Gasteiger partial charge in [0.05, 0.1) is 12.2 Å². The Balaban J connectivity index is 0. The molecule has 0 unspecified atom stereocenters. The minimum atomic E-state index is -0.0458. The Morgan fingerprint density at radius 3 is 1.23 bits per heavy atom. The minimum Gasteiger partial charge on any atom is -0.371 e. The Morgan fingerprint density at radius 1 is 0.636 bits per heavy atom. The Hall–Kier alpha value is -0.820. The summed E-state index contributed by atoms with van der Waals surface area (Å²) in [6, 6.07) is 10.2. The van der Waals surface area contributed by atoms with Gasteiger partial charge in [0.15, 0.2) is 0 Å². The minimum absolute atomic E-state index is 0.0458. The van der Waals surface area contributed by atoms with Crippen LogP contribution < -0.4 is 0 Å². The van der Waals surface area contributed by atoms with Crippen molar-refractivity contribution in [1.29, 1.82) is 0 Å². The van der Waals surface area contributed by atoms with Crippen molar-refractivity contribution >= 4 is 0 Å². The fraction of sp³-hybridized carbons (Fsp3) is 0.714. The summed E-state index contributed by atoms with van der Waals surface area (Å²) in [4.78, 5) is 0. The third-order valence-electron chi connectivity index (χ3n) is 1.51. The molecule has 0 N–H and O–H groups in total. The molecule has 1 aromatic carbocycles. The predicted octanol–water partition coefficient (Wildman–Crippen LogP) is 7.11. The van der Waals surface area contributed by atoms with Gasteiger partial charge in [0, 0.05) is 0 Å². The van der Waals surface area contributed by atoms with Crippen LogP contribution in [0.3, 0.4) is 0 Å². The Labute approximate surface area is 140 Å². The van der Waals surface area contributed by atoms with E-state index in [0.717, 1.165) is 0 Å². The van der Waals surface area contributed by atoms with Crippen LogP contribution in [0.25, 0.3) is 0 Å². The van der Waals surface area contributed by atoms with Crippen LogP contribution in [0.5, 0.6) is 0 Å². The number of hydrogen-bond acceptors (Lipinski definition) is 1. The molecule has 130 valence electrons. The second-order valence-corrected chi connectivity index (χ2v) is 9.89. The molecular formula is C21H40O. The van der Waals surface area contributed by atoms with Gasteiger partial charge in [-0.05, 0) is 37.2 Å². The highest BCUT2D eigenvalue weighted by Gasteiger charge is 2.09.